The molecule has 3 aromatic rings. The molecule has 0 bridgehead atoms. The van der Waals surface area contributed by atoms with Crippen molar-refractivity contribution in [2.24, 2.45) is 0 Å². The smallest absolute Gasteiger partial charge is 0.338 e. The number of esters is 2. The van der Waals surface area contributed by atoms with E-state index in [4.69, 9.17) is 14.2 Å². The van der Waals surface area contributed by atoms with E-state index in [1.165, 1.54) is 5.56 Å². The molecule has 0 atom stereocenters. The van der Waals surface area contributed by atoms with E-state index in [1.54, 1.807) is 48.5 Å². The number of hydrogen-bond donors (Lipinski definition) is 0. The number of carbonyl (C=O) groups is 2. The van der Waals surface area contributed by atoms with Crippen molar-refractivity contribution in [2.45, 2.75) is 26.2 Å². The Morgan fingerprint density at radius 2 is 0.970 bits per heavy atom. The van der Waals surface area contributed by atoms with Gasteiger partial charge in [-0.3, -0.25) is 0 Å². The third kappa shape index (κ3) is 11.1. The van der Waals surface area contributed by atoms with E-state index >= 15 is 0 Å². The Bertz CT molecular complexity index is 853. The first-order valence-corrected chi connectivity index (χ1v) is 11.3. The maximum Gasteiger partial charge on any atom is 0.338 e. The molecule has 3 aromatic carbocycles. The van der Waals surface area contributed by atoms with Crippen molar-refractivity contribution in [3.05, 3.63) is 108 Å². The van der Waals surface area contributed by atoms with E-state index in [0.717, 1.165) is 6.42 Å². The van der Waals surface area contributed by atoms with E-state index in [-0.39, 0.29) is 11.9 Å². The number of aryl methyl sites for hydroxylation is 1. The van der Waals surface area contributed by atoms with Crippen LogP contribution in [-0.4, -0.2) is 38.4 Å². The molecule has 0 amide bonds. The van der Waals surface area contributed by atoms with Crippen LogP contribution in [0.15, 0.2) is 91.0 Å². The zero-order valence-corrected chi connectivity index (χ0v) is 19.2. The lowest BCUT2D eigenvalue weighted by Crippen LogP contribution is -2.10. The molecule has 0 aliphatic rings. The molecule has 0 fully saturated rings. The molecule has 33 heavy (non-hydrogen) atoms. The van der Waals surface area contributed by atoms with Gasteiger partial charge in [0, 0.05) is 26.1 Å². The maximum atomic E-state index is 11.7. The Hall–Kier alpha value is -3.44. The summed E-state index contributed by atoms with van der Waals surface area (Å²) in [6.45, 7) is 3.78. The highest BCUT2D eigenvalue weighted by molar-refractivity contribution is 5.89. The summed E-state index contributed by atoms with van der Waals surface area (Å²) < 4.78 is 15.7. The highest BCUT2D eigenvalue weighted by Crippen LogP contribution is 2.03. The first kappa shape index (κ1) is 25.8. The molecule has 0 N–H and O–H groups in total. The van der Waals surface area contributed by atoms with Crippen molar-refractivity contribution in [1.29, 1.82) is 0 Å². The van der Waals surface area contributed by atoms with Crippen molar-refractivity contribution < 1.29 is 23.8 Å². The molecule has 0 aromatic heterocycles. The summed E-state index contributed by atoms with van der Waals surface area (Å²) in [5.74, 6) is -0.651. The van der Waals surface area contributed by atoms with Crippen LogP contribution in [0.25, 0.3) is 0 Å². The lowest BCUT2D eigenvalue weighted by Gasteiger charge is -2.07. The van der Waals surface area contributed by atoms with Crippen LogP contribution >= 0.6 is 0 Å². The van der Waals surface area contributed by atoms with Gasteiger partial charge in [0.2, 0.25) is 0 Å². The summed E-state index contributed by atoms with van der Waals surface area (Å²) in [4.78, 5) is 23.4. The summed E-state index contributed by atoms with van der Waals surface area (Å²) in [5.41, 5.74) is 2.50. The van der Waals surface area contributed by atoms with Gasteiger partial charge in [0.15, 0.2) is 0 Å². The molecule has 0 aliphatic carbocycles. The molecule has 174 valence electrons. The highest BCUT2D eigenvalue weighted by Gasteiger charge is 2.06. The zero-order chi connectivity index (χ0) is 23.6. The molecule has 0 aliphatic heterocycles. The van der Waals surface area contributed by atoms with E-state index in [1.807, 2.05) is 18.2 Å². The van der Waals surface area contributed by atoms with Crippen molar-refractivity contribution in [2.75, 3.05) is 26.4 Å². The van der Waals surface area contributed by atoms with Crippen molar-refractivity contribution in [3.8, 4) is 0 Å². The van der Waals surface area contributed by atoms with Gasteiger partial charge in [0.25, 0.3) is 0 Å². The van der Waals surface area contributed by atoms with Gasteiger partial charge in [-0.25, -0.2) is 9.59 Å². The van der Waals surface area contributed by atoms with Crippen LogP contribution in [-0.2, 0) is 20.6 Å². The second kappa shape index (κ2) is 16.2. The molecule has 0 heterocycles. The molecule has 0 unspecified atom stereocenters. The summed E-state index contributed by atoms with van der Waals surface area (Å²) in [6.07, 6.45) is 2.39. The van der Waals surface area contributed by atoms with E-state index in [9.17, 15) is 9.59 Å². The van der Waals surface area contributed by atoms with Gasteiger partial charge in [-0.2, -0.15) is 0 Å². The Balaban J connectivity index is 0.000000405. The van der Waals surface area contributed by atoms with Crippen LogP contribution in [0.4, 0.5) is 0 Å². The van der Waals surface area contributed by atoms with Crippen LogP contribution in [0.1, 0.15) is 46.0 Å². The minimum atomic E-state index is -0.326. The monoisotopic (exact) mass is 448 g/mol. The predicted octanol–water partition coefficient (Wildman–Crippen LogP) is 5.75. The molecule has 0 spiro atoms. The summed E-state index contributed by atoms with van der Waals surface area (Å²) in [7, 11) is 0. The quantitative estimate of drug-likeness (QED) is 0.276. The maximum absolute atomic E-state index is 11.7. The lowest BCUT2D eigenvalue weighted by atomic mass is 10.2. The first-order valence-electron chi connectivity index (χ1n) is 11.3. The van der Waals surface area contributed by atoms with E-state index in [2.05, 4.69) is 31.2 Å². The minimum absolute atomic E-state index is 0.316. The summed E-state index contributed by atoms with van der Waals surface area (Å²) in [6, 6.07) is 28.2. The van der Waals surface area contributed by atoms with Crippen LogP contribution in [0, 0.1) is 0 Å². The molecule has 3 rings (SSSR count). The van der Waals surface area contributed by atoms with Gasteiger partial charge >= 0.3 is 11.9 Å². The fourth-order valence-electron chi connectivity index (χ4n) is 2.78. The van der Waals surface area contributed by atoms with Crippen molar-refractivity contribution in [1.82, 2.24) is 0 Å². The largest absolute Gasteiger partial charge is 0.462 e. The summed E-state index contributed by atoms with van der Waals surface area (Å²) >= 11 is 0. The standard InChI is InChI=1S/C20H22O5.C8H10/c21-19(17-9-3-1-4-10-17)24-15-7-13-23-14-8-16-25-20(22)18-11-5-2-6-12-18;1-2-8-6-4-3-5-7-8/h1-6,9-12H,7-8,13-16H2;3-7H,2H2,1H3. The van der Waals surface area contributed by atoms with Gasteiger partial charge < -0.3 is 14.2 Å². The topological polar surface area (TPSA) is 61.8 Å². The van der Waals surface area contributed by atoms with Gasteiger partial charge in [-0.1, -0.05) is 73.7 Å². The van der Waals surface area contributed by atoms with Gasteiger partial charge in [-0.15, -0.1) is 0 Å². The third-order valence-corrected chi connectivity index (χ3v) is 4.60. The molecule has 0 radical (unpaired) electrons. The van der Waals surface area contributed by atoms with E-state index in [0.29, 0.717) is 50.4 Å². The average molecular weight is 449 g/mol. The average Bonchev–Trinajstić information content (AvgIpc) is 2.89. The molecule has 5 nitrogen and oxygen atoms in total. The Morgan fingerprint density at radius 3 is 1.33 bits per heavy atom. The SMILES string of the molecule is CCc1ccccc1.O=C(OCCCOCCCOC(=O)c1ccccc1)c1ccccc1. The zero-order valence-electron chi connectivity index (χ0n) is 19.2. The Labute approximate surface area is 196 Å². The van der Waals surface area contributed by atoms with Crippen LogP contribution < -0.4 is 0 Å². The molecule has 5 heteroatoms. The first-order chi connectivity index (χ1) is 16.2. The van der Waals surface area contributed by atoms with Crippen LogP contribution in [0.2, 0.25) is 0 Å². The highest BCUT2D eigenvalue weighted by atomic mass is 16.5. The number of carbonyl (C=O) groups excluding carboxylic acids is 2. The molecular formula is C28H32O5. The number of hydrogen-bond acceptors (Lipinski definition) is 5. The van der Waals surface area contributed by atoms with Gasteiger partial charge in [0.05, 0.1) is 24.3 Å². The van der Waals surface area contributed by atoms with Crippen molar-refractivity contribution >= 4 is 11.9 Å². The predicted molar refractivity (Wildman–Crippen MR) is 129 cm³/mol. The van der Waals surface area contributed by atoms with Crippen molar-refractivity contribution in [3.63, 3.8) is 0 Å². The number of benzene rings is 3. The lowest BCUT2D eigenvalue weighted by molar-refractivity contribution is 0.0394. The number of rotatable bonds is 11. The molecular weight excluding hydrogens is 416 g/mol. The van der Waals surface area contributed by atoms with E-state index < -0.39 is 0 Å². The van der Waals surface area contributed by atoms with Gasteiger partial charge in [-0.05, 0) is 36.2 Å². The third-order valence-electron chi connectivity index (χ3n) is 4.60. The Morgan fingerprint density at radius 1 is 0.576 bits per heavy atom. The molecule has 0 saturated carbocycles. The minimum Gasteiger partial charge on any atom is -0.462 e. The number of ether oxygens (including phenoxy) is 3. The second-order valence-electron chi connectivity index (χ2n) is 7.16. The van der Waals surface area contributed by atoms with Crippen LogP contribution in [0.3, 0.4) is 0 Å². The van der Waals surface area contributed by atoms with Crippen LogP contribution in [0.5, 0.6) is 0 Å². The van der Waals surface area contributed by atoms with Gasteiger partial charge in [0.1, 0.15) is 0 Å². The fraction of sp³-hybridized carbons (Fsp3) is 0.286. The fourth-order valence-corrected chi connectivity index (χ4v) is 2.78. The Kier molecular flexibility index (Phi) is 12.7. The second-order valence-corrected chi connectivity index (χ2v) is 7.16. The normalized spacial score (nSPS) is 9.97. The molecule has 0 saturated heterocycles. The summed E-state index contributed by atoms with van der Waals surface area (Å²) in [5, 5.41) is 0.